The number of aromatic nitrogens is 3. The molecule has 0 radical (unpaired) electrons. The summed E-state index contributed by atoms with van der Waals surface area (Å²) in [4.78, 5) is 21.4. The van der Waals surface area contributed by atoms with Gasteiger partial charge in [0.05, 0.1) is 22.3 Å². The van der Waals surface area contributed by atoms with Gasteiger partial charge in [0, 0.05) is 29.8 Å². The Bertz CT molecular complexity index is 1050. The quantitative estimate of drug-likeness (QED) is 0.550. The highest BCUT2D eigenvalue weighted by Gasteiger charge is 2.19. The van der Waals surface area contributed by atoms with Gasteiger partial charge in [0.1, 0.15) is 5.65 Å². The van der Waals surface area contributed by atoms with E-state index in [2.05, 4.69) is 15.3 Å². The Balaban J connectivity index is 1.68. The lowest BCUT2D eigenvalue weighted by molar-refractivity contribution is 0.0942. The summed E-state index contributed by atoms with van der Waals surface area (Å²) < 4.78 is 1.80. The monoisotopic (exact) mass is 396 g/mol. The lowest BCUT2D eigenvalue weighted by Crippen LogP contribution is -2.30. The zero-order chi connectivity index (χ0) is 18.8. The first-order valence-corrected chi connectivity index (χ1v) is 8.96. The summed E-state index contributed by atoms with van der Waals surface area (Å²) in [5, 5.41) is 4.20. The molecule has 0 saturated heterocycles. The molecule has 7 heteroatoms. The van der Waals surface area contributed by atoms with Gasteiger partial charge in [-0.25, -0.2) is 4.98 Å². The van der Waals surface area contributed by atoms with Crippen LogP contribution < -0.4 is 5.32 Å². The number of nitrogens with zero attached hydrogens (tertiary/aromatic N) is 3. The van der Waals surface area contributed by atoms with E-state index in [4.69, 9.17) is 23.2 Å². The third-order valence-corrected chi connectivity index (χ3v) is 4.65. The first kappa shape index (κ1) is 17.5. The number of nitrogens with one attached hydrogen (secondary N) is 1. The number of carbonyl (C=O) groups excluding carboxylic acids is 1. The van der Waals surface area contributed by atoms with Crippen LogP contribution >= 0.6 is 23.2 Å². The number of hydrogen-bond acceptors (Lipinski definition) is 3. The van der Waals surface area contributed by atoms with E-state index in [1.165, 1.54) is 0 Å². The van der Waals surface area contributed by atoms with Crippen LogP contribution in [-0.4, -0.2) is 20.3 Å². The molecule has 4 aromatic rings. The number of pyridine rings is 2. The first-order valence-electron chi connectivity index (χ1n) is 8.21. The summed E-state index contributed by atoms with van der Waals surface area (Å²) in [5.74, 6) is -0.220. The predicted molar refractivity (Wildman–Crippen MR) is 105 cm³/mol. The van der Waals surface area contributed by atoms with E-state index in [1.54, 1.807) is 65.6 Å². The van der Waals surface area contributed by atoms with Crippen molar-refractivity contribution in [3.63, 3.8) is 0 Å². The largest absolute Gasteiger partial charge is 0.339 e. The van der Waals surface area contributed by atoms with E-state index in [-0.39, 0.29) is 5.91 Å². The van der Waals surface area contributed by atoms with Crippen molar-refractivity contribution in [3.05, 3.63) is 100 Å². The fourth-order valence-corrected chi connectivity index (χ4v) is 3.05. The molecule has 1 N–H and O–H groups in total. The fraction of sp³-hybridized carbons (Fsp3) is 0.0500. The minimum Gasteiger partial charge on any atom is -0.339 e. The number of halogens is 2. The molecule has 0 saturated carbocycles. The number of amides is 1. The van der Waals surface area contributed by atoms with Crippen LogP contribution in [0.3, 0.4) is 0 Å². The molecule has 3 aromatic heterocycles. The molecule has 0 fully saturated rings. The molecule has 0 aliphatic heterocycles. The van der Waals surface area contributed by atoms with Crippen LogP contribution in [0.1, 0.15) is 27.7 Å². The minimum absolute atomic E-state index is 0.220. The Morgan fingerprint density at radius 3 is 2.48 bits per heavy atom. The van der Waals surface area contributed by atoms with Gasteiger partial charge in [-0.1, -0.05) is 35.3 Å². The van der Waals surface area contributed by atoms with Gasteiger partial charge in [-0.15, -0.1) is 0 Å². The maximum absolute atomic E-state index is 12.9. The molecule has 1 amide bonds. The second-order valence-corrected chi connectivity index (χ2v) is 6.84. The predicted octanol–water partition coefficient (Wildman–Crippen LogP) is 4.56. The van der Waals surface area contributed by atoms with Crippen molar-refractivity contribution in [3.8, 4) is 0 Å². The van der Waals surface area contributed by atoms with E-state index in [0.29, 0.717) is 21.3 Å². The highest BCUT2D eigenvalue weighted by atomic mass is 35.5. The van der Waals surface area contributed by atoms with Crippen LogP contribution in [0.25, 0.3) is 5.65 Å². The lowest BCUT2D eigenvalue weighted by atomic mass is 10.0. The minimum atomic E-state index is -0.439. The van der Waals surface area contributed by atoms with E-state index in [1.807, 2.05) is 12.1 Å². The molecular formula is C20H14Cl2N4O. The fourth-order valence-electron chi connectivity index (χ4n) is 2.81. The average molecular weight is 397 g/mol. The Morgan fingerprint density at radius 1 is 0.963 bits per heavy atom. The zero-order valence-corrected chi connectivity index (χ0v) is 15.5. The Morgan fingerprint density at radius 2 is 1.74 bits per heavy atom. The third kappa shape index (κ3) is 3.79. The van der Waals surface area contributed by atoms with Gasteiger partial charge >= 0.3 is 0 Å². The van der Waals surface area contributed by atoms with Crippen molar-refractivity contribution in [2.24, 2.45) is 0 Å². The number of carbonyl (C=O) groups is 1. The first-order chi connectivity index (χ1) is 13.1. The Kier molecular flexibility index (Phi) is 4.79. The van der Waals surface area contributed by atoms with Crippen LogP contribution in [0.4, 0.5) is 0 Å². The van der Waals surface area contributed by atoms with Gasteiger partial charge in [-0.3, -0.25) is 9.78 Å². The molecule has 5 nitrogen and oxygen atoms in total. The maximum atomic E-state index is 12.9. The van der Waals surface area contributed by atoms with Crippen molar-refractivity contribution in [2.45, 2.75) is 6.04 Å². The summed E-state index contributed by atoms with van der Waals surface area (Å²) >= 11 is 12.0. The van der Waals surface area contributed by atoms with Gasteiger partial charge in [-0.05, 0) is 42.0 Å². The van der Waals surface area contributed by atoms with E-state index in [0.717, 1.165) is 11.2 Å². The Labute approximate surface area is 165 Å². The summed E-state index contributed by atoms with van der Waals surface area (Å²) in [7, 11) is 0. The SMILES string of the molecule is O=C(N[C@@H](c1ccc(Cl)cc1)c1ccc(Cl)cn1)c1ccc2nccn2c1. The van der Waals surface area contributed by atoms with E-state index in [9.17, 15) is 4.79 Å². The lowest BCUT2D eigenvalue weighted by Gasteiger charge is -2.19. The van der Waals surface area contributed by atoms with Gasteiger partial charge in [0.15, 0.2) is 0 Å². The molecule has 0 aliphatic rings. The molecular weight excluding hydrogens is 383 g/mol. The van der Waals surface area contributed by atoms with Crippen LogP contribution in [0.15, 0.2) is 73.3 Å². The van der Waals surface area contributed by atoms with Crippen LogP contribution in [-0.2, 0) is 0 Å². The highest BCUT2D eigenvalue weighted by Crippen LogP contribution is 2.24. The molecule has 0 bridgehead atoms. The number of hydrogen-bond donors (Lipinski definition) is 1. The number of imidazole rings is 1. The molecule has 0 unspecified atom stereocenters. The topological polar surface area (TPSA) is 59.3 Å². The number of fused-ring (bicyclic) bond motifs is 1. The summed E-state index contributed by atoms with van der Waals surface area (Å²) in [5.41, 5.74) is 2.85. The van der Waals surface area contributed by atoms with Crippen molar-refractivity contribution in [1.82, 2.24) is 19.7 Å². The second-order valence-electron chi connectivity index (χ2n) is 5.97. The second kappa shape index (κ2) is 7.39. The highest BCUT2D eigenvalue weighted by molar-refractivity contribution is 6.30. The molecule has 4 rings (SSSR count). The molecule has 27 heavy (non-hydrogen) atoms. The molecule has 3 heterocycles. The molecule has 1 aromatic carbocycles. The summed E-state index contributed by atoms with van der Waals surface area (Å²) in [6.07, 6.45) is 6.78. The van der Waals surface area contributed by atoms with Crippen LogP contribution in [0.5, 0.6) is 0 Å². The maximum Gasteiger partial charge on any atom is 0.253 e. The van der Waals surface area contributed by atoms with Crippen LogP contribution in [0, 0.1) is 0 Å². The van der Waals surface area contributed by atoms with E-state index >= 15 is 0 Å². The molecule has 0 spiro atoms. The summed E-state index contributed by atoms with van der Waals surface area (Å²) in [6.45, 7) is 0. The van der Waals surface area contributed by atoms with Gasteiger partial charge < -0.3 is 9.72 Å². The average Bonchev–Trinajstić information content (AvgIpc) is 3.15. The Hall–Kier alpha value is -2.89. The van der Waals surface area contributed by atoms with Gasteiger partial charge in [0.25, 0.3) is 5.91 Å². The van der Waals surface area contributed by atoms with Gasteiger partial charge in [0.2, 0.25) is 0 Å². The summed E-state index contributed by atoms with van der Waals surface area (Å²) in [6, 6.07) is 13.9. The van der Waals surface area contributed by atoms with Gasteiger partial charge in [-0.2, -0.15) is 0 Å². The normalized spacial score (nSPS) is 12.1. The standard InChI is InChI=1S/C20H14Cl2N4O/c21-15-4-1-13(2-5-15)19(17-7-6-16(22)11-24-17)25-20(27)14-3-8-18-23-9-10-26(18)12-14/h1-12,19H,(H,25,27)/t19-/m0/s1. The van der Waals surface area contributed by atoms with E-state index < -0.39 is 6.04 Å². The molecule has 1 atom stereocenters. The zero-order valence-electron chi connectivity index (χ0n) is 14.0. The molecule has 0 aliphatic carbocycles. The number of benzene rings is 1. The molecule has 134 valence electrons. The third-order valence-electron chi connectivity index (χ3n) is 4.18. The van der Waals surface area contributed by atoms with Crippen molar-refractivity contribution < 1.29 is 4.79 Å². The van der Waals surface area contributed by atoms with Crippen molar-refractivity contribution in [1.29, 1.82) is 0 Å². The number of rotatable bonds is 4. The van der Waals surface area contributed by atoms with Crippen molar-refractivity contribution in [2.75, 3.05) is 0 Å². The van der Waals surface area contributed by atoms with Crippen molar-refractivity contribution >= 4 is 34.8 Å². The van der Waals surface area contributed by atoms with Crippen LogP contribution in [0.2, 0.25) is 10.0 Å². The smallest absolute Gasteiger partial charge is 0.253 e.